The molecule has 1 rings (SSSR count). The monoisotopic (exact) mass is 243 g/mol. The molecular formula is C18H27. The van der Waals surface area contributed by atoms with E-state index in [1.165, 1.54) is 62.5 Å². The molecule has 0 heterocycles. The smallest absolute Gasteiger partial charge is 0.0103 e. The molecule has 0 unspecified atom stereocenters. The summed E-state index contributed by atoms with van der Waals surface area (Å²) in [6, 6.07) is 9.66. The SMILES string of the molecule is CC=Cc1[c]cccc1CCCCCCCCC. The van der Waals surface area contributed by atoms with Gasteiger partial charge in [-0.05, 0) is 37.0 Å². The van der Waals surface area contributed by atoms with E-state index in [1.54, 1.807) is 0 Å². The molecule has 1 aromatic carbocycles. The molecule has 0 amide bonds. The number of unbranched alkanes of at least 4 members (excludes halogenated alkanes) is 6. The molecule has 0 N–H and O–H groups in total. The first-order chi connectivity index (χ1) is 8.88. The molecule has 0 bridgehead atoms. The molecule has 0 aliphatic heterocycles. The van der Waals surface area contributed by atoms with Crippen molar-refractivity contribution < 1.29 is 0 Å². The lowest BCUT2D eigenvalue weighted by Crippen LogP contribution is -1.90. The molecule has 0 aliphatic rings. The Labute approximate surface area is 113 Å². The van der Waals surface area contributed by atoms with Crippen LogP contribution in [0.5, 0.6) is 0 Å². The van der Waals surface area contributed by atoms with Gasteiger partial charge in [0.1, 0.15) is 0 Å². The minimum Gasteiger partial charge on any atom is -0.0870 e. The van der Waals surface area contributed by atoms with Crippen LogP contribution >= 0.6 is 0 Å². The van der Waals surface area contributed by atoms with E-state index in [4.69, 9.17) is 0 Å². The molecule has 1 aromatic rings. The average Bonchev–Trinajstić information content (AvgIpc) is 2.40. The van der Waals surface area contributed by atoms with E-state index in [-0.39, 0.29) is 0 Å². The first-order valence-electron chi connectivity index (χ1n) is 7.50. The van der Waals surface area contributed by atoms with Gasteiger partial charge in [0, 0.05) is 0 Å². The van der Waals surface area contributed by atoms with Gasteiger partial charge in [0.15, 0.2) is 0 Å². The Bertz CT molecular complexity index is 336. The van der Waals surface area contributed by atoms with Crippen LogP contribution in [0, 0.1) is 6.07 Å². The van der Waals surface area contributed by atoms with Gasteiger partial charge in [-0.3, -0.25) is 0 Å². The highest BCUT2D eigenvalue weighted by molar-refractivity contribution is 5.52. The number of allylic oxidation sites excluding steroid dienone is 1. The number of benzene rings is 1. The average molecular weight is 243 g/mol. The van der Waals surface area contributed by atoms with Crippen LogP contribution in [0.25, 0.3) is 6.08 Å². The molecule has 0 aromatic heterocycles. The summed E-state index contributed by atoms with van der Waals surface area (Å²) in [6.07, 6.45) is 15.1. The van der Waals surface area contributed by atoms with Crippen LogP contribution in [-0.2, 0) is 6.42 Å². The predicted molar refractivity (Wildman–Crippen MR) is 81.7 cm³/mol. The first-order valence-corrected chi connectivity index (χ1v) is 7.50. The molecular weight excluding hydrogens is 216 g/mol. The van der Waals surface area contributed by atoms with Crippen molar-refractivity contribution in [1.82, 2.24) is 0 Å². The molecule has 0 fully saturated rings. The molecule has 0 saturated carbocycles. The topological polar surface area (TPSA) is 0 Å². The van der Waals surface area contributed by atoms with Crippen molar-refractivity contribution in [3.8, 4) is 0 Å². The van der Waals surface area contributed by atoms with E-state index in [0.717, 1.165) is 0 Å². The number of hydrogen-bond acceptors (Lipinski definition) is 0. The van der Waals surface area contributed by atoms with Crippen molar-refractivity contribution in [3.05, 3.63) is 41.5 Å². The third-order valence-corrected chi connectivity index (χ3v) is 3.36. The highest BCUT2D eigenvalue weighted by atomic mass is 14.0. The fraction of sp³-hybridized carbons (Fsp3) is 0.556. The van der Waals surface area contributed by atoms with Gasteiger partial charge in [0.25, 0.3) is 0 Å². The predicted octanol–water partition coefficient (Wildman–Crippen LogP) is 5.81. The van der Waals surface area contributed by atoms with Gasteiger partial charge >= 0.3 is 0 Å². The van der Waals surface area contributed by atoms with Gasteiger partial charge in [-0.2, -0.15) is 0 Å². The second-order valence-corrected chi connectivity index (χ2v) is 4.98. The lowest BCUT2D eigenvalue weighted by molar-refractivity contribution is 0.589. The summed E-state index contributed by atoms with van der Waals surface area (Å²) in [7, 11) is 0. The van der Waals surface area contributed by atoms with Crippen molar-refractivity contribution in [1.29, 1.82) is 0 Å². The number of rotatable bonds is 9. The summed E-state index contributed by atoms with van der Waals surface area (Å²) >= 11 is 0. The second-order valence-electron chi connectivity index (χ2n) is 4.98. The van der Waals surface area contributed by atoms with Gasteiger partial charge in [-0.15, -0.1) is 0 Å². The molecule has 99 valence electrons. The second kappa shape index (κ2) is 9.94. The summed E-state index contributed by atoms with van der Waals surface area (Å²) in [4.78, 5) is 0. The third kappa shape index (κ3) is 6.05. The van der Waals surface area contributed by atoms with Crippen molar-refractivity contribution in [2.75, 3.05) is 0 Å². The maximum Gasteiger partial charge on any atom is -0.0103 e. The summed E-state index contributed by atoms with van der Waals surface area (Å²) in [5.41, 5.74) is 2.72. The lowest BCUT2D eigenvalue weighted by atomic mass is 10.00. The first kappa shape index (κ1) is 15.0. The van der Waals surface area contributed by atoms with Gasteiger partial charge in [-0.1, -0.05) is 75.8 Å². The Kier molecular flexibility index (Phi) is 8.29. The Hall–Kier alpha value is -1.04. The zero-order valence-electron chi connectivity index (χ0n) is 12.0. The van der Waals surface area contributed by atoms with Crippen LogP contribution in [0.3, 0.4) is 0 Å². The van der Waals surface area contributed by atoms with Crippen LogP contribution in [0.4, 0.5) is 0 Å². The lowest BCUT2D eigenvalue weighted by Gasteiger charge is -2.05. The fourth-order valence-electron chi connectivity index (χ4n) is 2.30. The molecule has 0 heteroatoms. The molecule has 0 saturated heterocycles. The van der Waals surface area contributed by atoms with E-state index < -0.39 is 0 Å². The highest BCUT2D eigenvalue weighted by Crippen LogP contribution is 2.15. The molecule has 1 radical (unpaired) electrons. The van der Waals surface area contributed by atoms with E-state index in [1.807, 2.05) is 6.07 Å². The van der Waals surface area contributed by atoms with E-state index in [2.05, 4.69) is 44.2 Å². The van der Waals surface area contributed by atoms with E-state index in [9.17, 15) is 0 Å². The molecule has 0 nitrogen and oxygen atoms in total. The molecule has 0 spiro atoms. The van der Waals surface area contributed by atoms with Gasteiger partial charge in [0.05, 0.1) is 0 Å². The largest absolute Gasteiger partial charge is 0.0870 e. The van der Waals surface area contributed by atoms with Crippen LogP contribution in [-0.4, -0.2) is 0 Å². The Morgan fingerprint density at radius 1 is 1.06 bits per heavy atom. The molecule has 0 atom stereocenters. The van der Waals surface area contributed by atoms with Crippen molar-refractivity contribution in [3.63, 3.8) is 0 Å². The van der Waals surface area contributed by atoms with Crippen LogP contribution in [0.15, 0.2) is 24.3 Å². The summed E-state index contributed by atoms with van der Waals surface area (Å²) in [5, 5.41) is 0. The highest BCUT2D eigenvalue weighted by Gasteiger charge is 1.98. The summed E-state index contributed by atoms with van der Waals surface area (Å²) in [5.74, 6) is 0. The fourth-order valence-corrected chi connectivity index (χ4v) is 2.30. The quantitative estimate of drug-likeness (QED) is 0.480. The van der Waals surface area contributed by atoms with Gasteiger partial charge in [0.2, 0.25) is 0 Å². The Morgan fingerprint density at radius 3 is 2.50 bits per heavy atom. The zero-order chi connectivity index (χ0) is 13.1. The van der Waals surface area contributed by atoms with E-state index in [0.29, 0.717) is 0 Å². The van der Waals surface area contributed by atoms with E-state index >= 15 is 0 Å². The van der Waals surface area contributed by atoms with Crippen molar-refractivity contribution in [2.45, 2.75) is 65.2 Å². The summed E-state index contributed by atoms with van der Waals surface area (Å²) in [6.45, 7) is 4.34. The summed E-state index contributed by atoms with van der Waals surface area (Å²) < 4.78 is 0. The van der Waals surface area contributed by atoms with Crippen molar-refractivity contribution >= 4 is 6.08 Å². The standard InChI is InChI=1S/C18H27/c1-3-5-6-7-8-9-10-14-18-16-12-11-15-17(18)13-4-2/h4,11-13,16H,3,5-10,14H2,1-2H3. The van der Waals surface area contributed by atoms with Crippen LogP contribution < -0.4 is 0 Å². The third-order valence-electron chi connectivity index (χ3n) is 3.36. The maximum absolute atomic E-state index is 3.32. The minimum atomic E-state index is 1.20. The number of hydrogen-bond donors (Lipinski definition) is 0. The zero-order valence-corrected chi connectivity index (χ0v) is 12.0. The number of aryl methyl sites for hydroxylation is 1. The maximum atomic E-state index is 3.32. The minimum absolute atomic E-state index is 1.20. The normalized spacial score (nSPS) is 11.2. The Morgan fingerprint density at radius 2 is 1.78 bits per heavy atom. The molecule has 18 heavy (non-hydrogen) atoms. The van der Waals surface area contributed by atoms with Gasteiger partial charge < -0.3 is 0 Å². The molecule has 0 aliphatic carbocycles. The van der Waals surface area contributed by atoms with Crippen molar-refractivity contribution in [2.24, 2.45) is 0 Å². The van der Waals surface area contributed by atoms with Crippen LogP contribution in [0.1, 0.15) is 69.9 Å². The van der Waals surface area contributed by atoms with Gasteiger partial charge in [-0.25, -0.2) is 0 Å². The van der Waals surface area contributed by atoms with Crippen LogP contribution in [0.2, 0.25) is 0 Å². The Balaban J connectivity index is 2.22.